The monoisotopic (exact) mass is 164 g/mol. The van der Waals surface area contributed by atoms with E-state index in [1.807, 2.05) is 19.4 Å². The first-order valence-corrected chi connectivity index (χ1v) is 4.17. The van der Waals surface area contributed by atoms with Gasteiger partial charge in [-0.25, -0.2) is 0 Å². The zero-order valence-electron chi connectivity index (χ0n) is 7.32. The van der Waals surface area contributed by atoms with Crippen molar-refractivity contribution in [3.05, 3.63) is 18.0 Å². The molecule has 3 heteroatoms. The highest BCUT2D eigenvalue weighted by molar-refractivity contribution is 5.82. The summed E-state index contributed by atoms with van der Waals surface area (Å²) < 4.78 is 1.78. The van der Waals surface area contributed by atoms with Crippen molar-refractivity contribution in [3.8, 4) is 0 Å². The second kappa shape index (κ2) is 2.44. The lowest BCUT2D eigenvalue weighted by molar-refractivity contribution is -0.118. The molecule has 1 saturated carbocycles. The molecule has 1 aliphatic rings. The van der Waals surface area contributed by atoms with E-state index >= 15 is 0 Å². The third kappa shape index (κ3) is 1.15. The van der Waals surface area contributed by atoms with Gasteiger partial charge in [0.15, 0.2) is 0 Å². The summed E-state index contributed by atoms with van der Waals surface area (Å²) in [5, 5.41) is 4.08. The number of carbonyl (C=O) groups excluding carboxylic acids is 1. The summed E-state index contributed by atoms with van der Waals surface area (Å²) in [6.45, 7) is 1.67. The van der Waals surface area contributed by atoms with Gasteiger partial charge in [0.2, 0.25) is 0 Å². The third-order valence-electron chi connectivity index (χ3n) is 2.47. The van der Waals surface area contributed by atoms with Crippen molar-refractivity contribution in [2.45, 2.75) is 19.3 Å². The summed E-state index contributed by atoms with van der Waals surface area (Å²) in [6, 6.07) is 0. The van der Waals surface area contributed by atoms with Gasteiger partial charge in [-0.3, -0.25) is 9.48 Å². The van der Waals surface area contributed by atoms with Gasteiger partial charge in [-0.15, -0.1) is 0 Å². The Balaban J connectivity index is 2.10. The minimum absolute atomic E-state index is 0.272. The molecule has 0 saturated heterocycles. The van der Waals surface area contributed by atoms with Gasteiger partial charge in [0, 0.05) is 19.2 Å². The molecule has 3 nitrogen and oxygen atoms in total. The predicted molar refractivity (Wildman–Crippen MR) is 44.7 cm³/mol. The maximum Gasteiger partial charge on any atom is 0.133 e. The molecule has 0 aliphatic heterocycles. The molecule has 2 atom stereocenters. The van der Waals surface area contributed by atoms with E-state index in [1.54, 1.807) is 11.6 Å². The quantitative estimate of drug-likeness (QED) is 0.656. The molecule has 1 fully saturated rings. The van der Waals surface area contributed by atoms with Crippen LogP contribution in [0.3, 0.4) is 0 Å². The Morgan fingerprint density at radius 2 is 2.50 bits per heavy atom. The fourth-order valence-electron chi connectivity index (χ4n) is 1.64. The van der Waals surface area contributed by atoms with Crippen molar-refractivity contribution in [1.29, 1.82) is 0 Å². The van der Waals surface area contributed by atoms with Gasteiger partial charge in [-0.05, 0) is 24.8 Å². The summed E-state index contributed by atoms with van der Waals surface area (Å²) in [7, 11) is 1.90. The van der Waals surface area contributed by atoms with E-state index in [0.29, 0.717) is 11.7 Å². The van der Waals surface area contributed by atoms with Crippen LogP contribution in [0.1, 0.15) is 24.8 Å². The van der Waals surface area contributed by atoms with E-state index < -0.39 is 0 Å². The molecule has 1 aromatic heterocycles. The standard InChI is InChI=1S/C9H12N2O/c1-6(12)8-3-9(8)7-4-10-11(2)5-7/h4-5,8-9H,3H2,1-2H3/t8-,9+/m0/s1. The van der Waals surface area contributed by atoms with Gasteiger partial charge < -0.3 is 0 Å². The number of nitrogens with zero attached hydrogens (tertiary/aromatic N) is 2. The van der Waals surface area contributed by atoms with E-state index in [4.69, 9.17) is 0 Å². The van der Waals surface area contributed by atoms with E-state index in [1.165, 1.54) is 5.56 Å². The van der Waals surface area contributed by atoms with Gasteiger partial charge in [-0.2, -0.15) is 5.10 Å². The molecular formula is C9H12N2O. The average Bonchev–Trinajstić information content (AvgIpc) is 2.70. The van der Waals surface area contributed by atoms with Crippen LogP contribution in [-0.4, -0.2) is 15.6 Å². The van der Waals surface area contributed by atoms with Gasteiger partial charge in [-0.1, -0.05) is 0 Å². The Morgan fingerprint density at radius 3 is 2.92 bits per heavy atom. The lowest BCUT2D eigenvalue weighted by Crippen LogP contribution is -1.93. The Morgan fingerprint density at radius 1 is 1.75 bits per heavy atom. The van der Waals surface area contributed by atoms with Gasteiger partial charge >= 0.3 is 0 Å². The maximum atomic E-state index is 11.0. The molecule has 12 heavy (non-hydrogen) atoms. The van der Waals surface area contributed by atoms with Crippen molar-refractivity contribution in [1.82, 2.24) is 9.78 Å². The first-order chi connectivity index (χ1) is 5.68. The van der Waals surface area contributed by atoms with Crippen LogP contribution in [0, 0.1) is 5.92 Å². The summed E-state index contributed by atoms with van der Waals surface area (Å²) >= 11 is 0. The lowest BCUT2D eigenvalue weighted by Gasteiger charge is -1.90. The predicted octanol–water partition coefficient (Wildman–Crippen LogP) is 1.11. The summed E-state index contributed by atoms with van der Waals surface area (Å²) in [6.07, 6.45) is 4.86. The average molecular weight is 164 g/mol. The highest BCUT2D eigenvalue weighted by Gasteiger charge is 2.42. The van der Waals surface area contributed by atoms with Gasteiger partial charge in [0.1, 0.15) is 5.78 Å². The minimum Gasteiger partial charge on any atom is -0.300 e. The molecular weight excluding hydrogens is 152 g/mol. The van der Waals surface area contributed by atoms with Gasteiger partial charge in [0.25, 0.3) is 0 Å². The SMILES string of the molecule is CC(=O)[C@@H]1C[C@@H]1c1cnn(C)c1. The number of Topliss-reactive ketones (excluding diaryl/α,β-unsaturated/α-hetero) is 1. The van der Waals surface area contributed by atoms with Crippen LogP contribution in [-0.2, 0) is 11.8 Å². The molecule has 1 aliphatic carbocycles. The zero-order chi connectivity index (χ0) is 8.72. The van der Waals surface area contributed by atoms with Crippen LogP contribution in [0.15, 0.2) is 12.4 Å². The van der Waals surface area contributed by atoms with Crippen molar-refractivity contribution in [3.63, 3.8) is 0 Å². The molecule has 0 bridgehead atoms. The van der Waals surface area contributed by atoms with Crippen LogP contribution in [0.4, 0.5) is 0 Å². The molecule has 0 amide bonds. The summed E-state index contributed by atoms with van der Waals surface area (Å²) in [5.74, 6) is 1.04. The van der Waals surface area contributed by atoms with Crippen LogP contribution in [0.2, 0.25) is 0 Å². The Hall–Kier alpha value is -1.12. The largest absolute Gasteiger partial charge is 0.300 e. The lowest BCUT2D eigenvalue weighted by atomic mass is 10.1. The van der Waals surface area contributed by atoms with E-state index in [-0.39, 0.29) is 5.92 Å². The molecule has 0 radical (unpaired) electrons. The molecule has 0 unspecified atom stereocenters. The molecule has 64 valence electrons. The number of aryl methyl sites for hydroxylation is 1. The zero-order valence-corrected chi connectivity index (χ0v) is 7.32. The highest BCUT2D eigenvalue weighted by atomic mass is 16.1. The fraction of sp³-hybridized carbons (Fsp3) is 0.556. The fourth-order valence-corrected chi connectivity index (χ4v) is 1.64. The first-order valence-electron chi connectivity index (χ1n) is 4.17. The normalized spacial score (nSPS) is 27.2. The van der Waals surface area contributed by atoms with Crippen molar-refractivity contribution < 1.29 is 4.79 Å². The van der Waals surface area contributed by atoms with E-state index in [0.717, 1.165) is 6.42 Å². The smallest absolute Gasteiger partial charge is 0.133 e. The topological polar surface area (TPSA) is 34.9 Å². The first kappa shape index (κ1) is 7.53. The van der Waals surface area contributed by atoms with Crippen molar-refractivity contribution in [2.75, 3.05) is 0 Å². The van der Waals surface area contributed by atoms with E-state index in [9.17, 15) is 4.79 Å². The van der Waals surface area contributed by atoms with Crippen molar-refractivity contribution in [2.24, 2.45) is 13.0 Å². The molecule has 1 aromatic rings. The van der Waals surface area contributed by atoms with Crippen LogP contribution in [0.25, 0.3) is 0 Å². The molecule has 1 heterocycles. The molecule has 0 spiro atoms. The Bertz CT molecular complexity index is 316. The number of hydrogen-bond donors (Lipinski definition) is 0. The number of rotatable bonds is 2. The van der Waals surface area contributed by atoms with E-state index in [2.05, 4.69) is 5.10 Å². The molecule has 0 aromatic carbocycles. The highest BCUT2D eigenvalue weighted by Crippen LogP contribution is 2.47. The Kier molecular flexibility index (Phi) is 1.53. The summed E-state index contributed by atoms with van der Waals surface area (Å²) in [4.78, 5) is 11.0. The number of carbonyl (C=O) groups is 1. The third-order valence-corrected chi connectivity index (χ3v) is 2.47. The molecule has 0 N–H and O–H groups in total. The second-order valence-electron chi connectivity index (χ2n) is 3.51. The summed E-state index contributed by atoms with van der Waals surface area (Å²) in [5.41, 5.74) is 1.21. The number of hydrogen-bond acceptors (Lipinski definition) is 2. The van der Waals surface area contributed by atoms with Crippen LogP contribution >= 0.6 is 0 Å². The number of aromatic nitrogens is 2. The minimum atomic E-state index is 0.272. The van der Waals surface area contributed by atoms with Crippen LogP contribution in [0.5, 0.6) is 0 Å². The van der Waals surface area contributed by atoms with Crippen LogP contribution < -0.4 is 0 Å². The van der Waals surface area contributed by atoms with Gasteiger partial charge in [0.05, 0.1) is 6.20 Å². The Labute approximate surface area is 71.4 Å². The number of ketones is 1. The molecule has 2 rings (SSSR count). The maximum absolute atomic E-state index is 11.0. The second-order valence-corrected chi connectivity index (χ2v) is 3.51. The van der Waals surface area contributed by atoms with Crippen molar-refractivity contribution >= 4 is 5.78 Å².